The number of hydrogen-bond acceptors (Lipinski definition) is 6. The fourth-order valence-electron chi connectivity index (χ4n) is 3.92. The van der Waals surface area contributed by atoms with Crippen molar-refractivity contribution in [2.24, 2.45) is 0 Å². The van der Waals surface area contributed by atoms with Gasteiger partial charge < -0.3 is 9.47 Å². The van der Waals surface area contributed by atoms with Crippen LogP contribution in [0.1, 0.15) is 55.0 Å². The Balaban J connectivity index is 1.32. The van der Waals surface area contributed by atoms with E-state index in [1.54, 1.807) is 0 Å². The highest BCUT2D eigenvalue weighted by Gasteiger charge is 2.33. The molecule has 1 saturated carbocycles. The summed E-state index contributed by atoms with van der Waals surface area (Å²) in [6, 6.07) is 6.61. The number of nitrogens with zero attached hydrogens (tertiary/aromatic N) is 8. The maximum Gasteiger partial charge on any atom is 0.155 e. The third kappa shape index (κ3) is 3.31. The second-order valence-electron chi connectivity index (χ2n) is 7.57. The van der Waals surface area contributed by atoms with Crippen molar-refractivity contribution < 1.29 is 0 Å². The van der Waals surface area contributed by atoms with Crippen molar-refractivity contribution in [2.75, 3.05) is 18.0 Å². The quantitative estimate of drug-likeness (QED) is 0.691. The Morgan fingerprint density at radius 1 is 1.00 bits per heavy atom. The molecule has 4 heterocycles. The van der Waals surface area contributed by atoms with Gasteiger partial charge in [-0.2, -0.15) is 10.2 Å². The molecule has 0 atom stereocenters. The summed E-state index contributed by atoms with van der Waals surface area (Å²) in [5, 5.41) is 22.0. The maximum absolute atomic E-state index is 4.62. The van der Waals surface area contributed by atoms with E-state index in [0.717, 1.165) is 49.1 Å². The SMILES string of the molecule is Cc1ccc(N2CCC(c3nnc(Cn4cccn4)n3C3CC3)CC2)nn1. The predicted molar refractivity (Wildman–Crippen MR) is 101 cm³/mol. The molecular formula is C19H24N8. The van der Waals surface area contributed by atoms with Crippen LogP contribution in [0.4, 0.5) is 5.82 Å². The van der Waals surface area contributed by atoms with Crippen LogP contribution in [0.3, 0.4) is 0 Å². The van der Waals surface area contributed by atoms with Gasteiger partial charge in [-0.15, -0.1) is 15.3 Å². The van der Waals surface area contributed by atoms with Crippen LogP contribution in [0.5, 0.6) is 0 Å². The molecule has 8 heteroatoms. The Bertz CT molecular complexity index is 886. The number of aryl methyl sites for hydroxylation is 1. The Morgan fingerprint density at radius 3 is 2.52 bits per heavy atom. The fourth-order valence-corrected chi connectivity index (χ4v) is 3.92. The van der Waals surface area contributed by atoms with E-state index in [-0.39, 0.29) is 0 Å². The molecule has 0 unspecified atom stereocenters. The van der Waals surface area contributed by atoms with E-state index in [9.17, 15) is 0 Å². The minimum atomic E-state index is 0.458. The lowest BCUT2D eigenvalue weighted by Gasteiger charge is -2.32. The van der Waals surface area contributed by atoms with E-state index in [1.807, 2.05) is 36.1 Å². The summed E-state index contributed by atoms with van der Waals surface area (Å²) in [5.41, 5.74) is 0.955. The van der Waals surface area contributed by atoms with Gasteiger partial charge in [0, 0.05) is 37.4 Å². The van der Waals surface area contributed by atoms with Crippen molar-refractivity contribution in [1.82, 2.24) is 34.7 Å². The number of piperidine rings is 1. The fraction of sp³-hybridized carbons (Fsp3) is 0.526. The molecule has 27 heavy (non-hydrogen) atoms. The molecule has 2 fully saturated rings. The summed E-state index contributed by atoms with van der Waals surface area (Å²) >= 11 is 0. The van der Waals surface area contributed by atoms with E-state index in [2.05, 4.69) is 41.0 Å². The molecule has 2 aliphatic rings. The second kappa shape index (κ2) is 6.75. The van der Waals surface area contributed by atoms with Gasteiger partial charge in [-0.1, -0.05) is 0 Å². The van der Waals surface area contributed by atoms with Crippen molar-refractivity contribution in [3.8, 4) is 0 Å². The standard InChI is InChI=1S/C19H24N8/c1-14-3-6-17(22-21-14)25-11-7-15(8-12-25)19-24-23-18(27(19)16-4-5-16)13-26-10-2-9-20-26/h2-3,6,9-10,15-16H,4-5,7-8,11-13H2,1H3. The lowest BCUT2D eigenvalue weighted by atomic mass is 9.95. The first-order valence-electron chi connectivity index (χ1n) is 9.74. The maximum atomic E-state index is 4.62. The first-order chi connectivity index (χ1) is 13.3. The van der Waals surface area contributed by atoms with Gasteiger partial charge in [0.05, 0.1) is 5.69 Å². The zero-order chi connectivity index (χ0) is 18.2. The molecular weight excluding hydrogens is 340 g/mol. The zero-order valence-electron chi connectivity index (χ0n) is 15.6. The molecule has 1 saturated heterocycles. The van der Waals surface area contributed by atoms with E-state index in [1.165, 1.54) is 12.8 Å². The first kappa shape index (κ1) is 16.4. The summed E-state index contributed by atoms with van der Waals surface area (Å²) in [7, 11) is 0. The van der Waals surface area contributed by atoms with Crippen molar-refractivity contribution >= 4 is 5.82 Å². The van der Waals surface area contributed by atoms with Gasteiger partial charge in [-0.05, 0) is 50.8 Å². The number of rotatable bonds is 5. The van der Waals surface area contributed by atoms with Crippen LogP contribution in [0.25, 0.3) is 0 Å². The molecule has 3 aromatic rings. The summed E-state index contributed by atoms with van der Waals surface area (Å²) in [4.78, 5) is 2.32. The minimum Gasteiger partial charge on any atom is -0.355 e. The average Bonchev–Trinajstić information content (AvgIpc) is 3.24. The summed E-state index contributed by atoms with van der Waals surface area (Å²) in [6.45, 7) is 4.62. The van der Waals surface area contributed by atoms with Gasteiger partial charge in [0.2, 0.25) is 0 Å². The molecule has 0 radical (unpaired) electrons. The van der Waals surface area contributed by atoms with Gasteiger partial charge >= 0.3 is 0 Å². The van der Waals surface area contributed by atoms with E-state index in [0.29, 0.717) is 18.5 Å². The Hall–Kier alpha value is -2.77. The predicted octanol–water partition coefficient (Wildman–Crippen LogP) is 2.34. The molecule has 8 nitrogen and oxygen atoms in total. The summed E-state index contributed by atoms with van der Waals surface area (Å²) in [6.07, 6.45) is 8.39. The van der Waals surface area contributed by atoms with Crippen LogP contribution < -0.4 is 4.90 Å². The summed E-state index contributed by atoms with van der Waals surface area (Å²) in [5.74, 6) is 3.62. The smallest absolute Gasteiger partial charge is 0.155 e. The zero-order valence-corrected chi connectivity index (χ0v) is 15.6. The number of anilines is 1. The molecule has 1 aliphatic carbocycles. The molecule has 1 aliphatic heterocycles. The molecule has 3 aromatic heterocycles. The highest BCUT2D eigenvalue weighted by atomic mass is 15.3. The van der Waals surface area contributed by atoms with Gasteiger partial charge in [0.15, 0.2) is 11.6 Å². The highest BCUT2D eigenvalue weighted by molar-refractivity contribution is 5.38. The normalized spacial score (nSPS) is 18.2. The van der Waals surface area contributed by atoms with Crippen LogP contribution >= 0.6 is 0 Å². The van der Waals surface area contributed by atoms with Gasteiger partial charge in [0.1, 0.15) is 12.4 Å². The number of aromatic nitrogens is 7. The van der Waals surface area contributed by atoms with Crippen LogP contribution in [-0.2, 0) is 6.54 Å². The highest BCUT2D eigenvalue weighted by Crippen LogP contribution is 2.40. The van der Waals surface area contributed by atoms with E-state index >= 15 is 0 Å². The van der Waals surface area contributed by atoms with Crippen molar-refractivity contribution in [1.29, 1.82) is 0 Å². The Labute approximate surface area is 158 Å². The largest absolute Gasteiger partial charge is 0.355 e. The van der Waals surface area contributed by atoms with Crippen molar-refractivity contribution in [3.63, 3.8) is 0 Å². The number of hydrogen-bond donors (Lipinski definition) is 0. The molecule has 0 N–H and O–H groups in total. The van der Waals surface area contributed by atoms with E-state index in [4.69, 9.17) is 0 Å². The van der Waals surface area contributed by atoms with Crippen LogP contribution in [0, 0.1) is 6.92 Å². The molecule has 0 bridgehead atoms. The Kier molecular flexibility index (Phi) is 4.10. The lowest BCUT2D eigenvalue weighted by molar-refractivity contribution is 0.458. The third-order valence-electron chi connectivity index (χ3n) is 5.54. The topological polar surface area (TPSA) is 77.5 Å². The molecule has 0 aromatic carbocycles. The molecule has 140 valence electrons. The van der Waals surface area contributed by atoms with Crippen LogP contribution in [0.2, 0.25) is 0 Å². The summed E-state index contributed by atoms with van der Waals surface area (Å²) < 4.78 is 4.32. The second-order valence-corrected chi connectivity index (χ2v) is 7.57. The van der Waals surface area contributed by atoms with E-state index < -0.39 is 0 Å². The first-order valence-corrected chi connectivity index (χ1v) is 9.74. The molecule has 0 amide bonds. The molecule has 5 rings (SSSR count). The van der Waals surface area contributed by atoms with Crippen molar-refractivity contribution in [2.45, 2.75) is 51.1 Å². The third-order valence-corrected chi connectivity index (χ3v) is 5.54. The van der Waals surface area contributed by atoms with Crippen LogP contribution in [0.15, 0.2) is 30.6 Å². The minimum absolute atomic E-state index is 0.458. The van der Waals surface area contributed by atoms with Gasteiger partial charge in [-0.25, -0.2) is 0 Å². The lowest BCUT2D eigenvalue weighted by Crippen LogP contribution is -2.34. The average molecular weight is 364 g/mol. The Morgan fingerprint density at radius 2 is 1.85 bits per heavy atom. The van der Waals surface area contributed by atoms with Crippen LogP contribution in [-0.4, -0.2) is 47.8 Å². The van der Waals surface area contributed by atoms with Crippen molar-refractivity contribution in [3.05, 3.63) is 47.9 Å². The molecule has 0 spiro atoms. The van der Waals surface area contributed by atoms with Gasteiger partial charge in [0.25, 0.3) is 0 Å². The monoisotopic (exact) mass is 364 g/mol. The van der Waals surface area contributed by atoms with Gasteiger partial charge in [-0.3, -0.25) is 4.68 Å².